The predicted molar refractivity (Wildman–Crippen MR) is 133 cm³/mol. The van der Waals surface area contributed by atoms with Gasteiger partial charge < -0.3 is 34.6 Å². The first kappa shape index (κ1) is 26.2. The summed E-state index contributed by atoms with van der Waals surface area (Å²) in [6.45, 7) is 6.53. The van der Waals surface area contributed by atoms with Crippen LogP contribution in [0.5, 0.6) is 0 Å². The van der Waals surface area contributed by atoms with Crippen LogP contribution in [0.4, 0.5) is 0 Å². The van der Waals surface area contributed by atoms with Crippen LogP contribution in [0.1, 0.15) is 78.6 Å². The summed E-state index contributed by atoms with van der Waals surface area (Å²) in [4.78, 5) is 11.8. The van der Waals surface area contributed by atoms with Gasteiger partial charge in [0, 0.05) is 30.3 Å². The van der Waals surface area contributed by atoms with E-state index in [4.69, 9.17) is 14.2 Å². The molecular weight excluding hydrogens is 476 g/mol. The third-order valence-corrected chi connectivity index (χ3v) is 11.9. The average molecular weight is 521 g/mol. The molecule has 6 rings (SSSR count). The van der Waals surface area contributed by atoms with Crippen molar-refractivity contribution >= 4 is 5.97 Å². The molecule has 37 heavy (non-hydrogen) atoms. The van der Waals surface area contributed by atoms with Crippen LogP contribution in [-0.4, -0.2) is 75.4 Å². The zero-order valence-corrected chi connectivity index (χ0v) is 22.3. The van der Waals surface area contributed by atoms with Gasteiger partial charge in [-0.2, -0.15) is 0 Å². The standard InChI is InChI=1S/C29H44O8/c1-15-26(33)21(30)12-24(36-15)37-18-6-8-27(2)17(11-18)4-5-20-19(27)7-9-28(3)25(16-10-23(32)35-14-16)22(31)13-29(20,28)34/h10,15,17-22,24-26,30-31,33-34H,4-9,11-14H2,1-3H3/t15?,17?,18?,19?,20?,21?,22?,24?,25-,26?,27?,28?,29?/m0/s1. The fraction of sp³-hybridized carbons (Fsp3) is 0.897. The van der Waals surface area contributed by atoms with Gasteiger partial charge in [-0.3, -0.25) is 0 Å². The zero-order valence-electron chi connectivity index (χ0n) is 22.3. The number of ether oxygens (including phenoxy) is 3. The van der Waals surface area contributed by atoms with Crippen molar-refractivity contribution in [2.24, 2.45) is 34.5 Å². The molecule has 13 atom stereocenters. The molecule has 8 nitrogen and oxygen atoms in total. The number of hydrogen-bond donors (Lipinski definition) is 4. The van der Waals surface area contributed by atoms with Crippen LogP contribution in [0.15, 0.2) is 11.6 Å². The second-order valence-electron chi connectivity index (χ2n) is 13.5. The number of rotatable bonds is 3. The highest BCUT2D eigenvalue weighted by molar-refractivity contribution is 5.85. The molecule has 12 unspecified atom stereocenters. The van der Waals surface area contributed by atoms with E-state index in [0.29, 0.717) is 18.3 Å². The molecule has 8 heteroatoms. The Labute approximate surface area is 219 Å². The summed E-state index contributed by atoms with van der Waals surface area (Å²) in [7, 11) is 0. The van der Waals surface area contributed by atoms with Crippen molar-refractivity contribution in [3.63, 3.8) is 0 Å². The lowest BCUT2D eigenvalue weighted by Gasteiger charge is -2.63. The van der Waals surface area contributed by atoms with E-state index in [1.165, 1.54) is 6.08 Å². The molecule has 0 aromatic heterocycles. The minimum atomic E-state index is -0.961. The Hall–Kier alpha value is -1.03. The van der Waals surface area contributed by atoms with Gasteiger partial charge >= 0.3 is 5.97 Å². The molecule has 2 aliphatic heterocycles. The average Bonchev–Trinajstić information content (AvgIpc) is 3.34. The van der Waals surface area contributed by atoms with Crippen LogP contribution in [0.3, 0.4) is 0 Å². The molecule has 1 saturated heterocycles. The molecule has 4 N–H and O–H groups in total. The summed E-state index contributed by atoms with van der Waals surface area (Å²) in [5, 5.41) is 43.7. The number of aliphatic hydroxyl groups excluding tert-OH is 3. The second-order valence-corrected chi connectivity index (χ2v) is 13.5. The minimum Gasteiger partial charge on any atom is -0.458 e. The van der Waals surface area contributed by atoms with E-state index in [1.54, 1.807) is 6.92 Å². The van der Waals surface area contributed by atoms with Gasteiger partial charge in [0.1, 0.15) is 12.7 Å². The van der Waals surface area contributed by atoms with Crippen LogP contribution < -0.4 is 0 Å². The van der Waals surface area contributed by atoms with Crippen LogP contribution in [-0.2, 0) is 19.0 Å². The molecule has 208 valence electrons. The van der Waals surface area contributed by atoms with Gasteiger partial charge in [0.2, 0.25) is 0 Å². The number of carbonyl (C=O) groups is 1. The summed E-state index contributed by atoms with van der Waals surface area (Å²) in [6.07, 6.45) is 5.59. The quantitative estimate of drug-likeness (QED) is 0.330. The van der Waals surface area contributed by atoms with Crippen molar-refractivity contribution in [1.29, 1.82) is 0 Å². The largest absolute Gasteiger partial charge is 0.458 e. The highest BCUT2D eigenvalue weighted by Gasteiger charge is 2.70. The Morgan fingerprint density at radius 2 is 1.78 bits per heavy atom. The Bertz CT molecular complexity index is 940. The molecule has 6 aliphatic rings. The van der Waals surface area contributed by atoms with Crippen molar-refractivity contribution in [1.82, 2.24) is 0 Å². The summed E-state index contributed by atoms with van der Waals surface area (Å²) < 4.78 is 17.4. The number of aliphatic hydroxyl groups is 4. The number of carbonyl (C=O) groups excluding carboxylic acids is 1. The van der Waals surface area contributed by atoms with E-state index in [0.717, 1.165) is 50.5 Å². The van der Waals surface area contributed by atoms with Gasteiger partial charge in [0.05, 0.1) is 30.0 Å². The van der Waals surface area contributed by atoms with Crippen LogP contribution >= 0.6 is 0 Å². The summed E-state index contributed by atoms with van der Waals surface area (Å²) in [6, 6.07) is 0. The van der Waals surface area contributed by atoms with Gasteiger partial charge in [-0.25, -0.2) is 4.79 Å². The van der Waals surface area contributed by atoms with Gasteiger partial charge in [-0.1, -0.05) is 13.8 Å². The first-order chi connectivity index (χ1) is 17.5. The van der Waals surface area contributed by atoms with Gasteiger partial charge in [-0.05, 0) is 80.6 Å². The molecule has 0 radical (unpaired) electrons. The SMILES string of the molecule is CC1OC(OC2CCC3(C)C(CCC4C3CCC3(C)[C@@H](C5=CC(=O)OC5)C(O)CC43O)C2)CC(O)C1O. The lowest BCUT2D eigenvalue weighted by Crippen LogP contribution is -2.62. The van der Waals surface area contributed by atoms with Crippen molar-refractivity contribution < 1.29 is 39.4 Å². The van der Waals surface area contributed by atoms with Gasteiger partial charge in [0.25, 0.3) is 0 Å². The normalized spacial score (nSPS) is 55.6. The summed E-state index contributed by atoms with van der Waals surface area (Å²) >= 11 is 0. The Balaban J connectivity index is 1.17. The zero-order chi connectivity index (χ0) is 26.3. The third-order valence-electron chi connectivity index (χ3n) is 11.9. The molecule has 5 fully saturated rings. The predicted octanol–water partition coefficient (Wildman–Crippen LogP) is 2.46. The fourth-order valence-corrected chi connectivity index (χ4v) is 9.90. The molecule has 0 bridgehead atoms. The molecular formula is C29H44O8. The van der Waals surface area contributed by atoms with E-state index in [9.17, 15) is 25.2 Å². The molecule has 0 amide bonds. The topological polar surface area (TPSA) is 126 Å². The minimum absolute atomic E-state index is 0.0655. The number of fused-ring (bicyclic) bond motifs is 5. The first-order valence-electron chi connectivity index (χ1n) is 14.4. The number of cyclic esters (lactones) is 1. The van der Waals surface area contributed by atoms with Crippen LogP contribution in [0, 0.1) is 34.5 Å². The lowest BCUT2D eigenvalue weighted by molar-refractivity contribution is -0.270. The molecule has 4 saturated carbocycles. The van der Waals surface area contributed by atoms with E-state index in [2.05, 4.69) is 13.8 Å². The van der Waals surface area contributed by atoms with Gasteiger partial charge in [0.15, 0.2) is 6.29 Å². The van der Waals surface area contributed by atoms with Crippen LogP contribution in [0.2, 0.25) is 0 Å². The first-order valence-corrected chi connectivity index (χ1v) is 14.4. The molecule has 0 spiro atoms. The van der Waals surface area contributed by atoms with Crippen molar-refractivity contribution in [3.05, 3.63) is 11.6 Å². The van der Waals surface area contributed by atoms with Crippen molar-refractivity contribution in [3.8, 4) is 0 Å². The van der Waals surface area contributed by atoms with Crippen molar-refractivity contribution in [2.75, 3.05) is 6.61 Å². The number of esters is 1. The second kappa shape index (κ2) is 9.00. The van der Waals surface area contributed by atoms with Crippen molar-refractivity contribution in [2.45, 2.75) is 121 Å². The van der Waals surface area contributed by atoms with Gasteiger partial charge in [-0.15, -0.1) is 0 Å². The van der Waals surface area contributed by atoms with E-state index in [1.807, 2.05) is 0 Å². The third kappa shape index (κ3) is 3.88. The monoisotopic (exact) mass is 520 g/mol. The Kier molecular flexibility index (Phi) is 6.37. The summed E-state index contributed by atoms with van der Waals surface area (Å²) in [5.74, 6) is 0.409. The number of hydrogen-bond acceptors (Lipinski definition) is 8. The smallest absolute Gasteiger partial charge is 0.331 e. The Morgan fingerprint density at radius 1 is 1.00 bits per heavy atom. The maximum absolute atomic E-state index is 12.4. The lowest BCUT2D eigenvalue weighted by atomic mass is 9.43. The fourth-order valence-electron chi connectivity index (χ4n) is 9.90. The van der Waals surface area contributed by atoms with E-state index >= 15 is 0 Å². The Morgan fingerprint density at radius 3 is 2.49 bits per heavy atom. The molecule has 0 aromatic carbocycles. The highest BCUT2D eigenvalue weighted by atomic mass is 16.7. The molecule has 4 aliphatic carbocycles. The van der Waals surface area contributed by atoms with E-state index in [-0.39, 0.29) is 42.4 Å². The maximum Gasteiger partial charge on any atom is 0.331 e. The summed E-state index contributed by atoms with van der Waals surface area (Å²) in [5.41, 5.74) is -0.497. The van der Waals surface area contributed by atoms with Crippen LogP contribution in [0.25, 0.3) is 0 Å². The molecule has 0 aromatic rings. The molecule has 2 heterocycles. The maximum atomic E-state index is 12.4. The highest BCUT2D eigenvalue weighted by Crippen LogP contribution is 2.70. The van der Waals surface area contributed by atoms with E-state index < -0.39 is 41.7 Å².